The van der Waals surface area contributed by atoms with E-state index >= 15 is 0 Å². The summed E-state index contributed by atoms with van der Waals surface area (Å²) in [6, 6.07) is 65.0. The van der Waals surface area contributed by atoms with Crippen LogP contribution in [0.3, 0.4) is 0 Å². The molecule has 8 aromatic rings. The van der Waals surface area contributed by atoms with Crippen LogP contribution in [0.2, 0.25) is 0 Å². The number of fused-ring (bicyclic) bond motifs is 3. The van der Waals surface area contributed by atoms with Crippen LogP contribution in [0, 0.1) is 0 Å². The molecule has 0 unspecified atom stereocenters. The van der Waals surface area contributed by atoms with Gasteiger partial charge in [-0.3, -0.25) is 0 Å². The third-order valence-corrected chi connectivity index (χ3v) is 9.38. The molecule has 0 radical (unpaired) electrons. The van der Waals surface area contributed by atoms with Crippen LogP contribution in [0.1, 0.15) is 0 Å². The summed E-state index contributed by atoms with van der Waals surface area (Å²) < 4.78 is 2.60. The van der Waals surface area contributed by atoms with E-state index in [1.54, 1.807) is 0 Å². The van der Waals surface area contributed by atoms with Crippen LogP contribution in [0.5, 0.6) is 0 Å². The summed E-state index contributed by atoms with van der Waals surface area (Å²) in [4.78, 5) is 4.74. The molecule has 0 saturated heterocycles. The molecular weight excluding hydrogens is 565 g/mol. The minimum absolute atomic E-state index is 1.11. The van der Waals surface area contributed by atoms with E-state index in [4.69, 9.17) is 0 Å². The zero-order valence-corrected chi connectivity index (χ0v) is 25.4. The van der Waals surface area contributed by atoms with E-state index in [1.165, 1.54) is 20.2 Å². The van der Waals surface area contributed by atoms with Crippen LogP contribution in [0.15, 0.2) is 182 Å². The second kappa shape index (κ2) is 11.8. The number of nitrogens with zero attached hydrogens (tertiary/aromatic N) is 2. The molecule has 0 bridgehead atoms. The fourth-order valence-corrected chi connectivity index (χ4v) is 7.37. The van der Waals surface area contributed by atoms with Crippen LogP contribution in [0.4, 0.5) is 34.1 Å². The maximum Gasteiger partial charge on any atom is 0.0540 e. The lowest BCUT2D eigenvalue weighted by Gasteiger charge is -2.31. The molecule has 1 aromatic heterocycles. The van der Waals surface area contributed by atoms with Gasteiger partial charge in [0.15, 0.2) is 0 Å². The van der Waals surface area contributed by atoms with Crippen molar-refractivity contribution >= 4 is 65.6 Å². The number of thiophene rings is 1. The van der Waals surface area contributed by atoms with Crippen molar-refractivity contribution in [1.29, 1.82) is 0 Å². The molecule has 1 heterocycles. The number of para-hydroxylation sites is 5. The fourth-order valence-electron chi connectivity index (χ4n) is 6.23. The Morgan fingerprint density at radius 2 is 0.733 bits per heavy atom. The van der Waals surface area contributed by atoms with E-state index in [0.717, 1.165) is 45.3 Å². The van der Waals surface area contributed by atoms with E-state index in [9.17, 15) is 0 Å². The second-order valence-corrected chi connectivity index (χ2v) is 12.1. The minimum Gasteiger partial charge on any atom is -0.310 e. The predicted molar refractivity (Wildman–Crippen MR) is 194 cm³/mol. The zero-order chi connectivity index (χ0) is 30.0. The monoisotopic (exact) mass is 594 g/mol. The van der Waals surface area contributed by atoms with E-state index in [2.05, 4.69) is 192 Å². The van der Waals surface area contributed by atoms with Crippen molar-refractivity contribution in [1.82, 2.24) is 0 Å². The number of anilines is 6. The van der Waals surface area contributed by atoms with Crippen LogP contribution in [-0.4, -0.2) is 0 Å². The molecule has 0 aliphatic rings. The quantitative estimate of drug-likeness (QED) is 0.181. The molecule has 0 saturated carbocycles. The van der Waals surface area contributed by atoms with Crippen molar-refractivity contribution in [3.05, 3.63) is 182 Å². The topological polar surface area (TPSA) is 6.48 Å². The predicted octanol–water partition coefficient (Wildman–Crippen LogP) is 12.7. The highest BCUT2D eigenvalue weighted by molar-refractivity contribution is 7.25. The van der Waals surface area contributed by atoms with Gasteiger partial charge < -0.3 is 9.80 Å². The highest BCUT2D eigenvalue weighted by Gasteiger charge is 2.22. The zero-order valence-electron chi connectivity index (χ0n) is 24.6. The lowest BCUT2D eigenvalue weighted by molar-refractivity contribution is 1.27. The molecule has 0 amide bonds. The first-order valence-corrected chi connectivity index (χ1v) is 16.0. The van der Waals surface area contributed by atoms with E-state index in [-0.39, 0.29) is 0 Å². The average molecular weight is 595 g/mol. The maximum absolute atomic E-state index is 2.39. The van der Waals surface area contributed by atoms with Gasteiger partial charge in [0, 0.05) is 54.0 Å². The Morgan fingerprint density at radius 3 is 1.29 bits per heavy atom. The maximum atomic E-state index is 2.39. The number of hydrogen-bond donors (Lipinski definition) is 0. The van der Waals surface area contributed by atoms with Gasteiger partial charge in [0.25, 0.3) is 0 Å². The van der Waals surface area contributed by atoms with E-state index < -0.39 is 0 Å². The normalized spacial score (nSPS) is 11.1. The molecule has 8 rings (SSSR count). The van der Waals surface area contributed by atoms with Crippen LogP contribution < -0.4 is 9.80 Å². The van der Waals surface area contributed by atoms with Crippen molar-refractivity contribution in [2.45, 2.75) is 0 Å². The largest absolute Gasteiger partial charge is 0.310 e. The molecule has 0 aliphatic heterocycles. The Morgan fingerprint density at radius 1 is 0.311 bits per heavy atom. The highest BCUT2D eigenvalue weighted by atomic mass is 32.1. The molecule has 0 N–H and O–H groups in total. The molecule has 0 aliphatic carbocycles. The van der Waals surface area contributed by atoms with E-state index in [1.807, 2.05) is 11.3 Å². The van der Waals surface area contributed by atoms with Crippen LogP contribution in [-0.2, 0) is 0 Å². The lowest BCUT2D eigenvalue weighted by atomic mass is 9.98. The summed E-state index contributed by atoms with van der Waals surface area (Å²) in [5, 5.41) is 2.61. The van der Waals surface area contributed by atoms with Gasteiger partial charge in [0.1, 0.15) is 0 Å². The van der Waals surface area contributed by atoms with Gasteiger partial charge in [0.2, 0.25) is 0 Å². The van der Waals surface area contributed by atoms with Crippen LogP contribution >= 0.6 is 11.3 Å². The van der Waals surface area contributed by atoms with Gasteiger partial charge >= 0.3 is 0 Å². The van der Waals surface area contributed by atoms with Crippen LogP contribution in [0.25, 0.3) is 31.3 Å². The first-order valence-electron chi connectivity index (χ1n) is 15.2. The summed E-state index contributed by atoms with van der Waals surface area (Å²) in [5.41, 5.74) is 9.04. The van der Waals surface area contributed by atoms with Gasteiger partial charge in [-0.05, 0) is 66.7 Å². The standard InChI is InChI=1S/C42H30N2S/c1-4-16-31(17-5-1)43(32-18-6-2-7-19-32)39-25-13-10-22-35(39)36-23-11-14-26-40(36)44(33-20-8-3-9-21-33)34-28-29-38-37-24-12-15-27-41(37)45-42(38)30-34/h1-30H. The Kier molecular flexibility index (Phi) is 7.07. The Hall–Kier alpha value is -5.64. The number of hydrogen-bond acceptors (Lipinski definition) is 3. The number of benzene rings is 7. The second-order valence-electron chi connectivity index (χ2n) is 11.0. The Balaban J connectivity index is 1.34. The molecule has 3 heteroatoms. The Labute approximate surface area is 267 Å². The molecule has 2 nitrogen and oxygen atoms in total. The van der Waals surface area contributed by atoms with Gasteiger partial charge in [-0.15, -0.1) is 11.3 Å². The van der Waals surface area contributed by atoms with Gasteiger partial charge in [-0.1, -0.05) is 115 Å². The average Bonchev–Trinajstić information content (AvgIpc) is 3.49. The van der Waals surface area contributed by atoms with Gasteiger partial charge in [0.05, 0.1) is 11.4 Å². The van der Waals surface area contributed by atoms with E-state index in [0.29, 0.717) is 0 Å². The van der Waals surface area contributed by atoms with Crippen molar-refractivity contribution in [2.24, 2.45) is 0 Å². The SMILES string of the molecule is c1ccc(N(c2ccccc2)c2ccccc2-c2ccccc2N(c2ccccc2)c2ccc3c(c2)sc2ccccc23)cc1. The molecule has 0 atom stereocenters. The molecule has 7 aromatic carbocycles. The summed E-state index contributed by atoms with van der Waals surface area (Å²) in [7, 11) is 0. The summed E-state index contributed by atoms with van der Waals surface area (Å²) >= 11 is 1.85. The summed E-state index contributed by atoms with van der Waals surface area (Å²) in [6.45, 7) is 0. The third-order valence-electron chi connectivity index (χ3n) is 8.24. The van der Waals surface area contributed by atoms with Gasteiger partial charge in [-0.25, -0.2) is 0 Å². The smallest absolute Gasteiger partial charge is 0.0540 e. The van der Waals surface area contributed by atoms with Crippen molar-refractivity contribution in [3.63, 3.8) is 0 Å². The summed E-state index contributed by atoms with van der Waals surface area (Å²) in [6.07, 6.45) is 0. The molecule has 0 spiro atoms. The first-order chi connectivity index (χ1) is 22.3. The molecular formula is C42H30N2S. The van der Waals surface area contributed by atoms with Crippen molar-refractivity contribution < 1.29 is 0 Å². The minimum atomic E-state index is 1.11. The molecule has 0 fully saturated rings. The third kappa shape index (κ3) is 5.04. The van der Waals surface area contributed by atoms with Crippen molar-refractivity contribution in [3.8, 4) is 11.1 Å². The highest BCUT2D eigenvalue weighted by Crippen LogP contribution is 2.47. The van der Waals surface area contributed by atoms with Crippen molar-refractivity contribution in [2.75, 3.05) is 9.80 Å². The molecule has 214 valence electrons. The summed E-state index contributed by atoms with van der Waals surface area (Å²) in [5.74, 6) is 0. The lowest BCUT2D eigenvalue weighted by Crippen LogP contribution is -2.13. The van der Waals surface area contributed by atoms with Gasteiger partial charge in [-0.2, -0.15) is 0 Å². The molecule has 45 heavy (non-hydrogen) atoms. The number of rotatable bonds is 7. The first kappa shape index (κ1) is 26.9. The fraction of sp³-hybridized carbons (Fsp3) is 0. The Bertz CT molecular complexity index is 2180.